The van der Waals surface area contributed by atoms with Crippen molar-refractivity contribution in [1.82, 2.24) is 9.88 Å². The Morgan fingerprint density at radius 3 is 2.93 bits per heavy atom. The van der Waals surface area contributed by atoms with Crippen molar-refractivity contribution in [2.24, 2.45) is 0 Å². The average molecular weight is 200 g/mol. The highest BCUT2D eigenvalue weighted by molar-refractivity contribution is 5.86. The Hall–Kier alpha value is -1.77. The molecular weight excluding hydrogens is 188 g/mol. The van der Waals surface area contributed by atoms with Crippen LogP contribution in [-0.2, 0) is 4.79 Å². The SMILES string of the molecule is O=C1NCCC1n1ccc2ccccc21. The molecular formula is C12H12N2O. The lowest BCUT2D eigenvalue weighted by Crippen LogP contribution is -2.21. The Bertz CT molecular complexity index is 515. The van der Waals surface area contributed by atoms with Crippen LogP contribution in [0.25, 0.3) is 10.9 Å². The second kappa shape index (κ2) is 3.12. The molecule has 3 rings (SSSR count). The molecule has 1 aromatic carbocycles. The van der Waals surface area contributed by atoms with E-state index in [2.05, 4.69) is 28.1 Å². The fourth-order valence-corrected chi connectivity index (χ4v) is 2.22. The van der Waals surface area contributed by atoms with E-state index in [1.807, 2.05) is 18.3 Å². The van der Waals surface area contributed by atoms with Crippen LogP contribution in [0.3, 0.4) is 0 Å². The van der Waals surface area contributed by atoms with Crippen LogP contribution < -0.4 is 5.32 Å². The number of carbonyl (C=O) groups is 1. The molecule has 76 valence electrons. The zero-order valence-electron chi connectivity index (χ0n) is 8.31. The molecule has 0 radical (unpaired) electrons. The first-order chi connectivity index (χ1) is 7.36. The Morgan fingerprint density at radius 1 is 1.27 bits per heavy atom. The molecule has 3 heteroatoms. The molecule has 1 aliphatic heterocycles. The van der Waals surface area contributed by atoms with Crippen molar-refractivity contribution < 1.29 is 4.79 Å². The van der Waals surface area contributed by atoms with Crippen molar-refractivity contribution in [3.8, 4) is 0 Å². The highest BCUT2D eigenvalue weighted by atomic mass is 16.2. The Labute approximate surface area is 87.7 Å². The Kier molecular flexibility index (Phi) is 1.78. The van der Waals surface area contributed by atoms with Crippen molar-refractivity contribution in [3.05, 3.63) is 36.5 Å². The molecule has 3 nitrogen and oxygen atoms in total. The molecule has 1 aliphatic rings. The molecule has 1 fully saturated rings. The van der Waals surface area contributed by atoms with E-state index in [-0.39, 0.29) is 11.9 Å². The molecule has 15 heavy (non-hydrogen) atoms. The maximum Gasteiger partial charge on any atom is 0.243 e. The molecule has 2 heterocycles. The zero-order valence-corrected chi connectivity index (χ0v) is 8.31. The monoisotopic (exact) mass is 200 g/mol. The predicted octanol–water partition coefficient (Wildman–Crippen LogP) is 1.70. The van der Waals surface area contributed by atoms with Gasteiger partial charge in [0.15, 0.2) is 0 Å². The molecule has 2 aromatic rings. The van der Waals surface area contributed by atoms with Crippen LogP contribution in [-0.4, -0.2) is 17.0 Å². The van der Waals surface area contributed by atoms with Gasteiger partial charge < -0.3 is 9.88 Å². The van der Waals surface area contributed by atoms with Gasteiger partial charge in [0.25, 0.3) is 0 Å². The summed E-state index contributed by atoms with van der Waals surface area (Å²) in [7, 11) is 0. The lowest BCUT2D eigenvalue weighted by Gasteiger charge is -2.10. The Morgan fingerprint density at radius 2 is 2.13 bits per heavy atom. The van der Waals surface area contributed by atoms with E-state index in [1.54, 1.807) is 0 Å². The minimum atomic E-state index is -0.0232. The summed E-state index contributed by atoms with van der Waals surface area (Å²) in [6.07, 6.45) is 2.89. The summed E-state index contributed by atoms with van der Waals surface area (Å²) < 4.78 is 2.07. The third-order valence-corrected chi connectivity index (χ3v) is 2.99. The van der Waals surface area contributed by atoms with E-state index in [9.17, 15) is 4.79 Å². The molecule has 1 amide bonds. The maximum atomic E-state index is 11.6. The summed E-state index contributed by atoms with van der Waals surface area (Å²) in [5, 5.41) is 4.05. The topological polar surface area (TPSA) is 34.0 Å². The van der Waals surface area contributed by atoms with Crippen LogP contribution in [0.15, 0.2) is 36.5 Å². The van der Waals surface area contributed by atoms with Crippen LogP contribution in [0.2, 0.25) is 0 Å². The van der Waals surface area contributed by atoms with E-state index in [0.717, 1.165) is 18.5 Å². The van der Waals surface area contributed by atoms with Crippen molar-refractivity contribution in [3.63, 3.8) is 0 Å². The van der Waals surface area contributed by atoms with Gasteiger partial charge in [-0.1, -0.05) is 18.2 Å². The number of aromatic nitrogens is 1. The molecule has 1 unspecified atom stereocenters. The van der Waals surface area contributed by atoms with E-state index < -0.39 is 0 Å². The molecule has 0 saturated carbocycles. The van der Waals surface area contributed by atoms with Gasteiger partial charge in [-0.3, -0.25) is 4.79 Å². The largest absolute Gasteiger partial charge is 0.354 e. The molecule has 0 bridgehead atoms. The van der Waals surface area contributed by atoms with E-state index in [0.29, 0.717) is 0 Å². The molecule has 0 aliphatic carbocycles. The van der Waals surface area contributed by atoms with Crippen LogP contribution in [0.4, 0.5) is 0 Å². The standard InChI is InChI=1S/C12H12N2O/c15-12-11(5-7-13-12)14-8-6-9-3-1-2-4-10(9)14/h1-4,6,8,11H,5,7H2,(H,13,15). The third-order valence-electron chi connectivity index (χ3n) is 2.99. The van der Waals surface area contributed by atoms with Gasteiger partial charge in [-0.15, -0.1) is 0 Å². The fraction of sp³-hybridized carbons (Fsp3) is 0.250. The second-order valence-electron chi connectivity index (χ2n) is 3.88. The normalized spacial score (nSPS) is 20.8. The molecule has 1 aromatic heterocycles. The van der Waals surface area contributed by atoms with E-state index >= 15 is 0 Å². The lowest BCUT2D eigenvalue weighted by atomic mass is 10.2. The van der Waals surface area contributed by atoms with Crippen LogP contribution >= 0.6 is 0 Å². The van der Waals surface area contributed by atoms with Crippen LogP contribution in [0, 0.1) is 0 Å². The number of rotatable bonds is 1. The van der Waals surface area contributed by atoms with Gasteiger partial charge >= 0.3 is 0 Å². The number of nitrogens with one attached hydrogen (secondary N) is 1. The fourth-order valence-electron chi connectivity index (χ4n) is 2.22. The first-order valence-corrected chi connectivity index (χ1v) is 5.19. The van der Waals surface area contributed by atoms with Crippen molar-refractivity contribution in [1.29, 1.82) is 0 Å². The van der Waals surface area contributed by atoms with Gasteiger partial charge in [-0.05, 0) is 23.9 Å². The van der Waals surface area contributed by atoms with Crippen LogP contribution in [0.1, 0.15) is 12.5 Å². The summed E-state index contributed by atoms with van der Waals surface area (Å²) in [5.41, 5.74) is 1.14. The van der Waals surface area contributed by atoms with Gasteiger partial charge in [0.2, 0.25) is 5.91 Å². The maximum absolute atomic E-state index is 11.6. The number of fused-ring (bicyclic) bond motifs is 1. The number of para-hydroxylation sites is 1. The first kappa shape index (κ1) is 8.53. The average Bonchev–Trinajstić information content (AvgIpc) is 2.83. The summed E-state index contributed by atoms with van der Waals surface area (Å²) >= 11 is 0. The van der Waals surface area contributed by atoms with Gasteiger partial charge in [-0.25, -0.2) is 0 Å². The highest BCUT2D eigenvalue weighted by Gasteiger charge is 2.25. The van der Waals surface area contributed by atoms with Gasteiger partial charge in [-0.2, -0.15) is 0 Å². The lowest BCUT2D eigenvalue weighted by molar-refractivity contribution is -0.121. The van der Waals surface area contributed by atoms with E-state index in [4.69, 9.17) is 0 Å². The summed E-state index contributed by atoms with van der Waals surface area (Å²) in [6, 6.07) is 10.2. The smallest absolute Gasteiger partial charge is 0.243 e. The van der Waals surface area contributed by atoms with Gasteiger partial charge in [0.1, 0.15) is 6.04 Å². The highest BCUT2D eigenvalue weighted by Crippen LogP contribution is 2.24. The minimum absolute atomic E-state index is 0.0232. The number of hydrogen-bond acceptors (Lipinski definition) is 1. The summed E-state index contributed by atoms with van der Waals surface area (Å²) in [4.78, 5) is 11.6. The van der Waals surface area contributed by atoms with Crippen LogP contribution in [0.5, 0.6) is 0 Å². The summed E-state index contributed by atoms with van der Waals surface area (Å²) in [6.45, 7) is 0.788. The molecule has 1 saturated heterocycles. The quantitative estimate of drug-likeness (QED) is 0.747. The number of benzene rings is 1. The molecule has 1 N–H and O–H groups in total. The first-order valence-electron chi connectivity index (χ1n) is 5.19. The second-order valence-corrected chi connectivity index (χ2v) is 3.88. The van der Waals surface area contributed by atoms with E-state index in [1.165, 1.54) is 5.39 Å². The summed E-state index contributed by atoms with van der Waals surface area (Å²) in [5.74, 6) is 0.136. The van der Waals surface area contributed by atoms with Crippen molar-refractivity contribution in [2.75, 3.05) is 6.54 Å². The molecule has 0 spiro atoms. The van der Waals surface area contributed by atoms with Crippen molar-refractivity contribution in [2.45, 2.75) is 12.5 Å². The number of nitrogens with zero attached hydrogens (tertiary/aromatic N) is 1. The van der Waals surface area contributed by atoms with Gasteiger partial charge in [0, 0.05) is 18.3 Å². The number of carbonyl (C=O) groups excluding carboxylic acids is 1. The zero-order chi connectivity index (χ0) is 10.3. The van der Waals surface area contributed by atoms with Gasteiger partial charge in [0.05, 0.1) is 0 Å². The van der Waals surface area contributed by atoms with Crippen molar-refractivity contribution >= 4 is 16.8 Å². The number of amides is 1. The predicted molar refractivity (Wildman–Crippen MR) is 58.6 cm³/mol. The molecule has 1 atom stereocenters. The Balaban J connectivity index is 2.14. The minimum Gasteiger partial charge on any atom is -0.354 e. The number of hydrogen-bond donors (Lipinski definition) is 1. The third kappa shape index (κ3) is 1.23.